The highest BCUT2D eigenvalue weighted by atomic mass is 32.2. The standard InChI is InChI=1S/C22H32N2O3S/c1-28(25,26)18-6-4-16(5-7-18)11-23-13-19-20(14-23)22-9-8-21(19)24(22)12-17-3-2-10-27-15-17/h4-7,17,19-22H,2-3,8-15H2,1H3/t17?,19-,20+,21-,22+. The Morgan fingerprint density at radius 2 is 1.71 bits per heavy atom. The van der Waals surface area contributed by atoms with Gasteiger partial charge in [0.25, 0.3) is 0 Å². The molecule has 5 nitrogen and oxygen atoms in total. The lowest BCUT2D eigenvalue weighted by atomic mass is 9.82. The molecule has 0 spiro atoms. The third-order valence-electron chi connectivity index (χ3n) is 7.57. The largest absolute Gasteiger partial charge is 0.381 e. The molecule has 0 radical (unpaired) electrons. The topological polar surface area (TPSA) is 49.9 Å². The molecule has 1 aromatic carbocycles. The molecule has 0 saturated carbocycles. The second-order valence-electron chi connectivity index (χ2n) is 9.43. The maximum absolute atomic E-state index is 11.7. The van der Waals surface area contributed by atoms with Crippen LogP contribution in [0.15, 0.2) is 29.2 Å². The first-order valence-electron chi connectivity index (χ1n) is 10.8. The Morgan fingerprint density at radius 3 is 2.29 bits per heavy atom. The van der Waals surface area contributed by atoms with E-state index in [1.165, 1.54) is 57.1 Å². The zero-order valence-corrected chi connectivity index (χ0v) is 17.6. The van der Waals surface area contributed by atoms with Crippen LogP contribution >= 0.6 is 0 Å². The van der Waals surface area contributed by atoms with E-state index in [-0.39, 0.29) is 0 Å². The lowest BCUT2D eigenvalue weighted by Crippen LogP contribution is -2.40. The van der Waals surface area contributed by atoms with Gasteiger partial charge in [-0.05, 0) is 61.1 Å². The summed E-state index contributed by atoms with van der Waals surface area (Å²) >= 11 is 0. The van der Waals surface area contributed by atoms with E-state index in [0.717, 1.165) is 49.6 Å². The van der Waals surface area contributed by atoms with Gasteiger partial charge in [0, 0.05) is 51.1 Å². The van der Waals surface area contributed by atoms with Gasteiger partial charge in [0.2, 0.25) is 0 Å². The van der Waals surface area contributed by atoms with E-state index in [1.54, 1.807) is 12.1 Å². The fourth-order valence-electron chi connectivity index (χ4n) is 6.34. The summed E-state index contributed by atoms with van der Waals surface area (Å²) in [6.45, 7) is 6.48. The van der Waals surface area contributed by atoms with Crippen molar-refractivity contribution in [2.75, 3.05) is 39.1 Å². The minimum Gasteiger partial charge on any atom is -0.381 e. The van der Waals surface area contributed by atoms with Crippen molar-refractivity contribution in [3.05, 3.63) is 29.8 Å². The number of rotatable bonds is 5. The lowest BCUT2D eigenvalue weighted by Gasteiger charge is -2.32. The van der Waals surface area contributed by atoms with Gasteiger partial charge in [-0.3, -0.25) is 9.80 Å². The summed E-state index contributed by atoms with van der Waals surface area (Å²) < 4.78 is 29.0. The van der Waals surface area contributed by atoms with Crippen LogP contribution in [0, 0.1) is 17.8 Å². The number of hydrogen-bond acceptors (Lipinski definition) is 5. The fourth-order valence-corrected chi connectivity index (χ4v) is 6.97. The van der Waals surface area contributed by atoms with Gasteiger partial charge >= 0.3 is 0 Å². The zero-order valence-electron chi connectivity index (χ0n) is 16.8. The molecule has 4 saturated heterocycles. The number of benzene rings is 1. The van der Waals surface area contributed by atoms with Crippen molar-refractivity contribution in [3.8, 4) is 0 Å². The van der Waals surface area contributed by atoms with E-state index in [2.05, 4.69) is 9.80 Å². The van der Waals surface area contributed by atoms with Crippen LogP contribution in [0.4, 0.5) is 0 Å². The molecule has 0 amide bonds. The molecule has 6 heteroatoms. The summed E-state index contributed by atoms with van der Waals surface area (Å²) in [5.41, 5.74) is 1.22. The number of ether oxygens (including phenoxy) is 1. The van der Waals surface area contributed by atoms with Crippen molar-refractivity contribution in [3.63, 3.8) is 0 Å². The smallest absolute Gasteiger partial charge is 0.175 e. The highest BCUT2D eigenvalue weighted by Crippen LogP contribution is 2.49. The molecule has 1 unspecified atom stereocenters. The Labute approximate surface area is 169 Å². The molecule has 4 aliphatic heterocycles. The molecule has 0 aliphatic carbocycles. The van der Waals surface area contributed by atoms with E-state index >= 15 is 0 Å². The van der Waals surface area contributed by atoms with Crippen molar-refractivity contribution >= 4 is 9.84 Å². The minimum atomic E-state index is -3.11. The molecule has 0 aromatic heterocycles. The Hall–Kier alpha value is -0.950. The van der Waals surface area contributed by atoms with Gasteiger partial charge in [0.15, 0.2) is 9.84 Å². The molecule has 5 atom stereocenters. The second kappa shape index (κ2) is 7.38. The van der Waals surface area contributed by atoms with Crippen molar-refractivity contribution < 1.29 is 13.2 Å². The molecule has 28 heavy (non-hydrogen) atoms. The fraction of sp³-hybridized carbons (Fsp3) is 0.727. The number of nitrogens with zero attached hydrogens (tertiary/aromatic N) is 2. The van der Waals surface area contributed by atoms with Crippen LogP contribution in [0.2, 0.25) is 0 Å². The first kappa shape index (κ1) is 19.0. The predicted octanol–water partition coefficient (Wildman–Crippen LogP) is 2.41. The van der Waals surface area contributed by atoms with E-state index in [9.17, 15) is 8.42 Å². The molecule has 4 aliphatic rings. The first-order valence-corrected chi connectivity index (χ1v) is 12.7. The summed E-state index contributed by atoms with van der Waals surface area (Å²) in [6, 6.07) is 9.01. The van der Waals surface area contributed by atoms with Crippen LogP contribution in [0.25, 0.3) is 0 Å². The summed E-state index contributed by atoms with van der Waals surface area (Å²) in [7, 11) is -3.11. The van der Waals surface area contributed by atoms with Gasteiger partial charge < -0.3 is 4.74 Å². The van der Waals surface area contributed by atoms with Gasteiger partial charge in [0.1, 0.15) is 0 Å². The maximum atomic E-state index is 11.7. The van der Waals surface area contributed by atoms with Gasteiger partial charge in [-0.2, -0.15) is 0 Å². The SMILES string of the molecule is CS(=O)(=O)c1ccc(CN2C[C@@H]3[C@H](C2)[C@@H]2CC[C@H]3N2CC2CCCOC2)cc1. The zero-order chi connectivity index (χ0) is 19.3. The van der Waals surface area contributed by atoms with Crippen LogP contribution in [-0.4, -0.2) is 69.4 Å². The molecule has 0 N–H and O–H groups in total. The summed E-state index contributed by atoms with van der Waals surface area (Å²) in [6.07, 6.45) is 6.57. The summed E-state index contributed by atoms with van der Waals surface area (Å²) in [4.78, 5) is 5.86. The Bertz CT molecular complexity index is 784. The molecule has 4 heterocycles. The van der Waals surface area contributed by atoms with E-state index in [1.807, 2.05) is 12.1 Å². The van der Waals surface area contributed by atoms with Gasteiger partial charge in [-0.25, -0.2) is 8.42 Å². The number of likely N-dealkylation sites (tertiary alicyclic amines) is 1. The van der Waals surface area contributed by atoms with Crippen LogP contribution in [0.5, 0.6) is 0 Å². The van der Waals surface area contributed by atoms with Gasteiger partial charge in [-0.1, -0.05) is 12.1 Å². The molecule has 2 bridgehead atoms. The summed E-state index contributed by atoms with van der Waals surface area (Å²) in [5, 5.41) is 0. The molecular weight excluding hydrogens is 372 g/mol. The van der Waals surface area contributed by atoms with Gasteiger partial charge in [-0.15, -0.1) is 0 Å². The molecule has 4 fully saturated rings. The Morgan fingerprint density at radius 1 is 1.04 bits per heavy atom. The highest BCUT2D eigenvalue weighted by Gasteiger charge is 2.56. The first-order chi connectivity index (χ1) is 13.5. The molecular formula is C22H32N2O3S. The third-order valence-corrected chi connectivity index (χ3v) is 8.70. The molecule has 5 rings (SSSR count). The van der Waals surface area contributed by atoms with E-state index < -0.39 is 9.84 Å². The number of sulfone groups is 1. The second-order valence-corrected chi connectivity index (χ2v) is 11.4. The number of hydrogen-bond donors (Lipinski definition) is 0. The average molecular weight is 405 g/mol. The minimum absolute atomic E-state index is 0.412. The van der Waals surface area contributed by atoms with E-state index in [0.29, 0.717) is 4.90 Å². The average Bonchev–Trinajstić information content (AvgIpc) is 3.33. The predicted molar refractivity (Wildman–Crippen MR) is 109 cm³/mol. The third kappa shape index (κ3) is 3.53. The number of fused-ring (bicyclic) bond motifs is 5. The van der Waals surface area contributed by atoms with E-state index in [4.69, 9.17) is 4.74 Å². The van der Waals surface area contributed by atoms with Crippen molar-refractivity contribution in [1.82, 2.24) is 9.80 Å². The maximum Gasteiger partial charge on any atom is 0.175 e. The Kier molecular flexibility index (Phi) is 5.02. The Balaban J connectivity index is 1.20. The van der Waals surface area contributed by atoms with Crippen molar-refractivity contribution in [2.24, 2.45) is 17.8 Å². The summed E-state index contributed by atoms with van der Waals surface area (Å²) in [5.74, 6) is 2.37. The molecule has 1 aromatic rings. The van der Waals surface area contributed by atoms with Crippen LogP contribution < -0.4 is 0 Å². The quantitative estimate of drug-likeness (QED) is 0.754. The van der Waals surface area contributed by atoms with Crippen molar-refractivity contribution in [1.29, 1.82) is 0 Å². The van der Waals surface area contributed by atoms with Crippen LogP contribution in [0.1, 0.15) is 31.2 Å². The lowest BCUT2D eigenvalue weighted by molar-refractivity contribution is 0.0327. The van der Waals surface area contributed by atoms with Gasteiger partial charge in [0.05, 0.1) is 11.5 Å². The van der Waals surface area contributed by atoms with Crippen molar-refractivity contribution in [2.45, 2.75) is 49.2 Å². The monoisotopic (exact) mass is 404 g/mol. The van der Waals surface area contributed by atoms with Crippen LogP contribution in [0.3, 0.4) is 0 Å². The highest BCUT2D eigenvalue weighted by molar-refractivity contribution is 7.90. The normalized spacial score (nSPS) is 36.1. The molecule has 154 valence electrons. The van der Waals surface area contributed by atoms with Crippen LogP contribution in [-0.2, 0) is 21.1 Å².